The van der Waals surface area contributed by atoms with E-state index in [4.69, 9.17) is 21.6 Å². The molecule has 1 aliphatic rings. The van der Waals surface area contributed by atoms with E-state index in [2.05, 4.69) is 17.5 Å². The third kappa shape index (κ3) is 2.66. The number of rotatable bonds is 4. The monoisotopic (exact) mass is 262 g/mol. The van der Waals surface area contributed by atoms with Crippen LogP contribution in [0.5, 0.6) is 0 Å². The van der Waals surface area contributed by atoms with Crippen molar-refractivity contribution in [2.45, 2.75) is 12.5 Å². The van der Waals surface area contributed by atoms with E-state index < -0.39 is 0 Å². The Balaban J connectivity index is 2.14. The molecule has 1 aliphatic heterocycles. The standard InChI is InChI=1S/C14H15ClN2O/c1-2-8-18-12-6-7-17(10-12)14-11(9-16)4-3-5-13(14)15/h2-5,12H,1,6-8,10H2. The predicted molar refractivity (Wildman–Crippen MR) is 72.9 cm³/mol. The van der Waals surface area contributed by atoms with Gasteiger partial charge in [0, 0.05) is 13.1 Å². The van der Waals surface area contributed by atoms with E-state index in [9.17, 15) is 0 Å². The Bertz CT molecular complexity index is 481. The Hall–Kier alpha value is -1.50. The molecule has 0 amide bonds. The van der Waals surface area contributed by atoms with Crippen LogP contribution in [0.1, 0.15) is 12.0 Å². The van der Waals surface area contributed by atoms with Crippen LogP contribution in [0.3, 0.4) is 0 Å². The van der Waals surface area contributed by atoms with Crippen LogP contribution in [0.2, 0.25) is 5.02 Å². The Morgan fingerprint density at radius 1 is 1.61 bits per heavy atom. The van der Waals surface area contributed by atoms with Gasteiger partial charge in [-0.25, -0.2) is 0 Å². The molecule has 1 saturated heterocycles. The van der Waals surface area contributed by atoms with E-state index in [1.807, 2.05) is 6.07 Å². The lowest BCUT2D eigenvalue weighted by atomic mass is 10.2. The van der Waals surface area contributed by atoms with Gasteiger partial charge in [0.1, 0.15) is 6.07 Å². The summed E-state index contributed by atoms with van der Waals surface area (Å²) in [7, 11) is 0. The quantitative estimate of drug-likeness (QED) is 0.783. The van der Waals surface area contributed by atoms with E-state index in [1.54, 1.807) is 18.2 Å². The lowest BCUT2D eigenvalue weighted by molar-refractivity contribution is 0.0909. The summed E-state index contributed by atoms with van der Waals surface area (Å²) < 4.78 is 5.63. The first kappa shape index (κ1) is 12.9. The number of anilines is 1. The van der Waals surface area contributed by atoms with Crippen molar-refractivity contribution >= 4 is 17.3 Å². The lowest BCUT2D eigenvalue weighted by Gasteiger charge is -2.21. The van der Waals surface area contributed by atoms with Crippen molar-refractivity contribution in [2.75, 3.05) is 24.6 Å². The number of para-hydroxylation sites is 1. The van der Waals surface area contributed by atoms with Crippen molar-refractivity contribution in [3.05, 3.63) is 41.4 Å². The highest BCUT2D eigenvalue weighted by Crippen LogP contribution is 2.32. The van der Waals surface area contributed by atoms with Crippen LogP contribution in [-0.2, 0) is 4.74 Å². The summed E-state index contributed by atoms with van der Waals surface area (Å²) in [4.78, 5) is 2.12. The molecule has 0 N–H and O–H groups in total. The molecule has 1 aromatic rings. The van der Waals surface area contributed by atoms with Crippen LogP contribution in [0, 0.1) is 11.3 Å². The van der Waals surface area contributed by atoms with Gasteiger partial charge < -0.3 is 9.64 Å². The first-order valence-corrected chi connectivity index (χ1v) is 6.30. The zero-order valence-corrected chi connectivity index (χ0v) is 10.9. The highest BCUT2D eigenvalue weighted by molar-refractivity contribution is 6.33. The highest BCUT2D eigenvalue weighted by Gasteiger charge is 2.26. The van der Waals surface area contributed by atoms with Crippen molar-refractivity contribution in [3.8, 4) is 6.07 Å². The topological polar surface area (TPSA) is 36.3 Å². The van der Waals surface area contributed by atoms with Crippen LogP contribution in [0.25, 0.3) is 0 Å². The SMILES string of the molecule is C=CCOC1CCN(c2c(Cl)cccc2C#N)C1. The number of halogens is 1. The Labute approximate surface area is 112 Å². The third-order valence-corrected chi connectivity index (χ3v) is 3.32. The van der Waals surface area contributed by atoms with Crippen molar-refractivity contribution < 1.29 is 4.74 Å². The molecule has 0 aliphatic carbocycles. The molecule has 0 aromatic heterocycles. The van der Waals surface area contributed by atoms with E-state index >= 15 is 0 Å². The van der Waals surface area contributed by atoms with Gasteiger partial charge in [0.15, 0.2) is 0 Å². The first-order valence-electron chi connectivity index (χ1n) is 5.92. The van der Waals surface area contributed by atoms with Gasteiger partial charge in [-0.2, -0.15) is 5.26 Å². The molecular weight excluding hydrogens is 248 g/mol. The van der Waals surface area contributed by atoms with Gasteiger partial charge in [-0.3, -0.25) is 0 Å². The highest BCUT2D eigenvalue weighted by atomic mass is 35.5. The summed E-state index contributed by atoms with van der Waals surface area (Å²) in [5, 5.41) is 9.75. The van der Waals surface area contributed by atoms with Gasteiger partial charge in [-0.15, -0.1) is 6.58 Å². The van der Waals surface area contributed by atoms with E-state index in [0.29, 0.717) is 17.2 Å². The summed E-state index contributed by atoms with van der Waals surface area (Å²) in [5.74, 6) is 0. The number of nitriles is 1. The summed E-state index contributed by atoms with van der Waals surface area (Å²) in [6.45, 7) is 5.83. The number of benzene rings is 1. The van der Waals surface area contributed by atoms with Crippen LogP contribution >= 0.6 is 11.6 Å². The Kier molecular flexibility index (Phi) is 4.24. The van der Waals surface area contributed by atoms with Crippen molar-refractivity contribution in [2.24, 2.45) is 0 Å². The fourth-order valence-corrected chi connectivity index (χ4v) is 2.49. The van der Waals surface area contributed by atoms with Gasteiger partial charge >= 0.3 is 0 Å². The first-order chi connectivity index (χ1) is 8.76. The maximum absolute atomic E-state index is 9.13. The molecule has 1 atom stereocenters. The summed E-state index contributed by atoms with van der Waals surface area (Å²) in [5.41, 5.74) is 1.44. The minimum atomic E-state index is 0.186. The molecule has 0 radical (unpaired) electrons. The fourth-order valence-electron chi connectivity index (χ4n) is 2.20. The normalized spacial score (nSPS) is 18.7. The van der Waals surface area contributed by atoms with Gasteiger partial charge in [0.2, 0.25) is 0 Å². The number of nitrogens with zero attached hydrogens (tertiary/aromatic N) is 2. The summed E-state index contributed by atoms with van der Waals surface area (Å²) in [6, 6.07) is 7.59. The molecule has 1 heterocycles. The molecule has 18 heavy (non-hydrogen) atoms. The zero-order chi connectivity index (χ0) is 13.0. The second-order valence-electron chi connectivity index (χ2n) is 4.23. The summed E-state index contributed by atoms with van der Waals surface area (Å²) >= 11 is 6.19. The molecule has 3 nitrogen and oxygen atoms in total. The van der Waals surface area contributed by atoms with Crippen molar-refractivity contribution in [3.63, 3.8) is 0 Å². The second kappa shape index (κ2) is 5.90. The second-order valence-corrected chi connectivity index (χ2v) is 4.63. The van der Waals surface area contributed by atoms with Gasteiger partial charge in [0.25, 0.3) is 0 Å². The Morgan fingerprint density at radius 3 is 3.17 bits per heavy atom. The average molecular weight is 263 g/mol. The molecule has 1 fully saturated rings. The zero-order valence-electron chi connectivity index (χ0n) is 10.1. The average Bonchev–Trinajstić information content (AvgIpc) is 2.84. The van der Waals surface area contributed by atoms with Gasteiger partial charge in [-0.05, 0) is 18.6 Å². The molecule has 94 valence electrons. The maximum atomic E-state index is 9.13. The molecule has 0 spiro atoms. The van der Waals surface area contributed by atoms with Crippen molar-refractivity contribution in [1.82, 2.24) is 0 Å². The molecule has 1 unspecified atom stereocenters. The summed E-state index contributed by atoms with van der Waals surface area (Å²) in [6.07, 6.45) is 2.88. The molecule has 0 bridgehead atoms. The van der Waals surface area contributed by atoms with Crippen LogP contribution in [0.4, 0.5) is 5.69 Å². The number of ether oxygens (including phenoxy) is 1. The Morgan fingerprint density at radius 2 is 2.44 bits per heavy atom. The van der Waals surface area contributed by atoms with Crippen LogP contribution in [-0.4, -0.2) is 25.8 Å². The molecular formula is C14H15ClN2O. The van der Waals surface area contributed by atoms with Crippen LogP contribution in [0.15, 0.2) is 30.9 Å². The van der Waals surface area contributed by atoms with Crippen molar-refractivity contribution in [1.29, 1.82) is 5.26 Å². The molecule has 0 saturated carbocycles. The van der Waals surface area contributed by atoms with Crippen LogP contribution < -0.4 is 4.90 Å². The predicted octanol–water partition coefficient (Wildman–Crippen LogP) is 2.99. The number of hydrogen-bond acceptors (Lipinski definition) is 3. The largest absolute Gasteiger partial charge is 0.372 e. The third-order valence-electron chi connectivity index (χ3n) is 3.02. The van der Waals surface area contributed by atoms with E-state index in [0.717, 1.165) is 25.2 Å². The minimum absolute atomic E-state index is 0.186. The smallest absolute Gasteiger partial charge is 0.101 e. The minimum Gasteiger partial charge on any atom is -0.372 e. The van der Waals surface area contributed by atoms with Gasteiger partial charge in [0.05, 0.1) is 29.0 Å². The van der Waals surface area contributed by atoms with Gasteiger partial charge in [-0.1, -0.05) is 23.7 Å². The fraction of sp³-hybridized carbons (Fsp3) is 0.357. The van der Waals surface area contributed by atoms with E-state index in [-0.39, 0.29) is 6.10 Å². The maximum Gasteiger partial charge on any atom is 0.101 e. The molecule has 1 aromatic carbocycles. The molecule has 4 heteroatoms. The lowest BCUT2D eigenvalue weighted by Crippen LogP contribution is -2.24. The van der Waals surface area contributed by atoms with E-state index in [1.165, 1.54) is 0 Å². The molecule has 2 rings (SSSR count). The number of hydrogen-bond donors (Lipinski definition) is 0.